The molecule has 2 atom stereocenters. The standard InChI is InChI=1S/C16H20BrIN2O/c1-20-12-3-2-4-13(20)9-11(8-12)19-16(21)14-7-10(18)5-6-15(14)17/h5-7,11-13H,2-4,8-9H2,1H3,(H,19,21). The Morgan fingerprint density at radius 2 is 2.00 bits per heavy atom. The number of carbonyl (C=O) groups is 1. The Morgan fingerprint density at radius 3 is 2.67 bits per heavy atom. The molecule has 0 aliphatic carbocycles. The molecule has 1 aromatic rings. The lowest BCUT2D eigenvalue weighted by molar-refractivity contribution is 0.0463. The maximum atomic E-state index is 12.5. The second-order valence-corrected chi connectivity index (χ2v) is 8.27. The molecule has 2 aliphatic heterocycles. The summed E-state index contributed by atoms with van der Waals surface area (Å²) >= 11 is 5.72. The average molecular weight is 463 g/mol. The van der Waals surface area contributed by atoms with Gasteiger partial charge in [-0.2, -0.15) is 0 Å². The van der Waals surface area contributed by atoms with E-state index < -0.39 is 0 Å². The highest BCUT2D eigenvalue weighted by molar-refractivity contribution is 14.1. The normalized spacial score (nSPS) is 29.2. The van der Waals surface area contributed by atoms with Crippen molar-refractivity contribution in [2.45, 2.75) is 50.2 Å². The van der Waals surface area contributed by atoms with E-state index in [0.717, 1.165) is 26.4 Å². The van der Waals surface area contributed by atoms with Crippen LogP contribution < -0.4 is 5.32 Å². The van der Waals surface area contributed by atoms with E-state index in [1.807, 2.05) is 18.2 Å². The summed E-state index contributed by atoms with van der Waals surface area (Å²) in [5.74, 6) is 0.0491. The number of nitrogens with zero attached hydrogens (tertiary/aromatic N) is 1. The zero-order chi connectivity index (χ0) is 15.0. The number of halogens is 2. The molecule has 0 spiro atoms. The zero-order valence-electron chi connectivity index (χ0n) is 12.1. The number of amides is 1. The zero-order valence-corrected chi connectivity index (χ0v) is 15.9. The third kappa shape index (κ3) is 3.45. The van der Waals surface area contributed by atoms with Crippen molar-refractivity contribution in [2.75, 3.05) is 7.05 Å². The Kier molecular flexibility index (Phi) is 4.90. The van der Waals surface area contributed by atoms with E-state index in [-0.39, 0.29) is 5.91 Å². The van der Waals surface area contributed by atoms with Gasteiger partial charge in [-0.15, -0.1) is 0 Å². The fourth-order valence-corrected chi connectivity index (χ4v) is 4.59. The topological polar surface area (TPSA) is 32.3 Å². The Balaban J connectivity index is 1.69. The van der Waals surface area contributed by atoms with Gasteiger partial charge in [0.25, 0.3) is 5.91 Å². The number of hydrogen-bond donors (Lipinski definition) is 1. The molecule has 2 fully saturated rings. The first-order chi connectivity index (χ1) is 10.0. The fraction of sp³-hybridized carbons (Fsp3) is 0.562. The molecule has 2 bridgehead atoms. The first-order valence-corrected chi connectivity index (χ1v) is 9.39. The molecule has 2 unspecified atom stereocenters. The van der Waals surface area contributed by atoms with Gasteiger partial charge in [0.2, 0.25) is 0 Å². The van der Waals surface area contributed by atoms with Gasteiger partial charge in [-0.3, -0.25) is 4.79 Å². The molecule has 114 valence electrons. The minimum absolute atomic E-state index is 0.0491. The summed E-state index contributed by atoms with van der Waals surface area (Å²) in [5, 5.41) is 3.25. The van der Waals surface area contributed by atoms with E-state index in [2.05, 4.69) is 55.8 Å². The highest BCUT2D eigenvalue weighted by atomic mass is 127. The molecular weight excluding hydrogens is 443 g/mol. The maximum absolute atomic E-state index is 12.5. The summed E-state index contributed by atoms with van der Waals surface area (Å²) in [5.41, 5.74) is 0.742. The van der Waals surface area contributed by atoms with Crippen molar-refractivity contribution in [3.05, 3.63) is 31.8 Å². The van der Waals surface area contributed by atoms with Crippen LogP contribution in [0.4, 0.5) is 0 Å². The molecule has 2 saturated heterocycles. The number of nitrogens with one attached hydrogen (secondary N) is 1. The largest absolute Gasteiger partial charge is 0.349 e. The SMILES string of the molecule is CN1C2CCCC1CC(NC(=O)c1cc(I)ccc1Br)C2. The second kappa shape index (κ2) is 6.54. The lowest BCUT2D eigenvalue weighted by Gasteiger charge is -2.47. The predicted octanol–water partition coefficient (Wildman–Crippen LogP) is 3.80. The van der Waals surface area contributed by atoms with Crippen molar-refractivity contribution < 1.29 is 4.79 Å². The van der Waals surface area contributed by atoms with Crippen molar-refractivity contribution in [1.82, 2.24) is 10.2 Å². The van der Waals surface area contributed by atoms with Gasteiger partial charge < -0.3 is 10.2 Å². The number of rotatable bonds is 2. The van der Waals surface area contributed by atoms with Crippen LogP contribution in [0.3, 0.4) is 0 Å². The van der Waals surface area contributed by atoms with Crippen molar-refractivity contribution >= 4 is 44.4 Å². The van der Waals surface area contributed by atoms with Gasteiger partial charge in [0.15, 0.2) is 0 Å². The fourth-order valence-electron chi connectivity index (χ4n) is 3.67. The molecule has 2 heterocycles. The number of fused-ring (bicyclic) bond motifs is 2. The van der Waals surface area contributed by atoms with Crippen LogP contribution in [0.2, 0.25) is 0 Å². The predicted molar refractivity (Wildman–Crippen MR) is 96.5 cm³/mol. The molecule has 0 saturated carbocycles. The molecule has 1 aromatic carbocycles. The summed E-state index contributed by atoms with van der Waals surface area (Å²) in [6, 6.07) is 7.48. The Hall–Kier alpha value is -0.140. The van der Waals surface area contributed by atoms with Gasteiger partial charge in [-0.05, 0) is 89.5 Å². The van der Waals surface area contributed by atoms with Crippen LogP contribution in [-0.4, -0.2) is 36.0 Å². The van der Waals surface area contributed by atoms with Crippen molar-refractivity contribution in [2.24, 2.45) is 0 Å². The molecule has 5 heteroatoms. The summed E-state index contributed by atoms with van der Waals surface area (Å²) in [6.07, 6.45) is 6.04. The van der Waals surface area contributed by atoms with Crippen molar-refractivity contribution in [1.29, 1.82) is 0 Å². The minimum Gasteiger partial charge on any atom is -0.349 e. The molecule has 1 amide bonds. The van der Waals surface area contributed by atoms with E-state index >= 15 is 0 Å². The summed E-state index contributed by atoms with van der Waals surface area (Å²) in [4.78, 5) is 15.1. The summed E-state index contributed by atoms with van der Waals surface area (Å²) in [6.45, 7) is 0. The molecule has 3 rings (SSSR count). The Labute approximate surface area is 148 Å². The van der Waals surface area contributed by atoms with Gasteiger partial charge >= 0.3 is 0 Å². The Bertz CT molecular complexity index is 537. The molecule has 1 N–H and O–H groups in total. The van der Waals surface area contributed by atoms with E-state index in [1.165, 1.54) is 19.3 Å². The van der Waals surface area contributed by atoms with Gasteiger partial charge in [0, 0.05) is 26.2 Å². The minimum atomic E-state index is 0.0491. The second-order valence-electron chi connectivity index (χ2n) is 6.17. The molecule has 3 nitrogen and oxygen atoms in total. The van der Waals surface area contributed by atoms with Crippen LogP contribution in [0.25, 0.3) is 0 Å². The first kappa shape index (κ1) is 15.7. The highest BCUT2D eigenvalue weighted by Crippen LogP contribution is 2.32. The quantitative estimate of drug-likeness (QED) is 0.678. The van der Waals surface area contributed by atoms with Crippen LogP contribution in [0.15, 0.2) is 22.7 Å². The van der Waals surface area contributed by atoms with Gasteiger partial charge in [-0.25, -0.2) is 0 Å². The van der Waals surface area contributed by atoms with Gasteiger partial charge in [0.1, 0.15) is 0 Å². The highest BCUT2D eigenvalue weighted by Gasteiger charge is 2.36. The third-order valence-corrected chi connectivity index (χ3v) is 6.21. The number of hydrogen-bond acceptors (Lipinski definition) is 2. The van der Waals surface area contributed by atoms with E-state index in [1.54, 1.807) is 0 Å². The first-order valence-electron chi connectivity index (χ1n) is 7.52. The molecule has 0 radical (unpaired) electrons. The lowest BCUT2D eigenvalue weighted by Crippen LogP contribution is -2.55. The van der Waals surface area contributed by atoms with Crippen molar-refractivity contribution in [3.8, 4) is 0 Å². The number of benzene rings is 1. The summed E-state index contributed by atoms with van der Waals surface area (Å²) in [7, 11) is 2.24. The number of carbonyl (C=O) groups excluding carboxylic acids is 1. The molecule has 21 heavy (non-hydrogen) atoms. The van der Waals surface area contributed by atoms with E-state index in [4.69, 9.17) is 0 Å². The third-order valence-electron chi connectivity index (χ3n) is 4.85. The molecule has 0 aromatic heterocycles. The van der Waals surface area contributed by atoms with Crippen LogP contribution >= 0.6 is 38.5 Å². The smallest absolute Gasteiger partial charge is 0.252 e. The van der Waals surface area contributed by atoms with E-state index in [0.29, 0.717) is 18.1 Å². The van der Waals surface area contributed by atoms with Crippen LogP contribution in [-0.2, 0) is 0 Å². The van der Waals surface area contributed by atoms with Crippen LogP contribution in [0.1, 0.15) is 42.5 Å². The van der Waals surface area contributed by atoms with E-state index in [9.17, 15) is 4.79 Å². The van der Waals surface area contributed by atoms with Gasteiger partial charge in [-0.1, -0.05) is 6.42 Å². The van der Waals surface area contributed by atoms with Crippen LogP contribution in [0.5, 0.6) is 0 Å². The summed E-state index contributed by atoms with van der Waals surface area (Å²) < 4.78 is 1.95. The molecular formula is C16H20BrIN2O. The Morgan fingerprint density at radius 1 is 1.33 bits per heavy atom. The molecule has 2 aliphatic rings. The number of piperidine rings is 2. The van der Waals surface area contributed by atoms with Crippen molar-refractivity contribution in [3.63, 3.8) is 0 Å². The average Bonchev–Trinajstić information content (AvgIpc) is 2.42. The lowest BCUT2D eigenvalue weighted by atomic mass is 9.82. The monoisotopic (exact) mass is 462 g/mol. The maximum Gasteiger partial charge on any atom is 0.252 e. The van der Waals surface area contributed by atoms with Crippen LogP contribution in [0, 0.1) is 3.57 Å². The van der Waals surface area contributed by atoms with Gasteiger partial charge in [0.05, 0.1) is 5.56 Å².